The van der Waals surface area contributed by atoms with Crippen LogP contribution in [0.5, 0.6) is 5.75 Å². The first kappa shape index (κ1) is 22.8. The number of carbonyl (C=O) groups excluding carboxylic acids is 1. The third kappa shape index (κ3) is 4.65. The van der Waals surface area contributed by atoms with Gasteiger partial charge in [0.2, 0.25) is 0 Å². The molecule has 1 aromatic heterocycles. The Kier molecular flexibility index (Phi) is 6.52. The molecule has 0 radical (unpaired) electrons. The number of amides is 2. The Hall–Kier alpha value is -2.97. The summed E-state index contributed by atoms with van der Waals surface area (Å²) in [6.07, 6.45) is 1.94. The number of aromatic nitrogens is 2. The molecule has 1 saturated heterocycles. The highest BCUT2D eigenvalue weighted by molar-refractivity contribution is 7.17. The molecule has 1 fully saturated rings. The van der Waals surface area contributed by atoms with Gasteiger partial charge in [0.1, 0.15) is 15.8 Å². The van der Waals surface area contributed by atoms with Gasteiger partial charge in [-0.3, -0.25) is 0 Å². The summed E-state index contributed by atoms with van der Waals surface area (Å²) in [4.78, 5) is 14.6. The summed E-state index contributed by atoms with van der Waals surface area (Å²) in [6.45, 7) is 8.60. The maximum atomic E-state index is 12.7. The number of aryl methyl sites for hydroxylation is 1. The summed E-state index contributed by atoms with van der Waals surface area (Å²) in [5.41, 5.74) is 5.68. The van der Waals surface area contributed by atoms with E-state index in [1.165, 1.54) is 11.1 Å². The van der Waals surface area contributed by atoms with Crippen molar-refractivity contribution in [1.82, 2.24) is 20.4 Å². The van der Waals surface area contributed by atoms with Crippen LogP contribution in [0.3, 0.4) is 0 Å². The highest BCUT2D eigenvalue weighted by atomic mass is 32.1. The molecule has 1 aliphatic heterocycles. The molecule has 7 nitrogen and oxygen atoms in total. The standard InChI is InChI=1S/C26H30N4O3S/c1-16(2)33-23-10-7-18(15-17(23)3)24-28-29-25(34-24)21-6-4-5-20-19(21)8-9-22(20)27-26(31)30-11-13-32-14-12-30/h4-7,10,15-16,22H,8-9,11-14H2,1-3H3,(H,27,31)/t22-/m1/s1. The molecule has 1 atom stereocenters. The fourth-order valence-corrected chi connectivity index (χ4v) is 5.52. The lowest BCUT2D eigenvalue weighted by atomic mass is 10.0. The topological polar surface area (TPSA) is 76.6 Å². The van der Waals surface area contributed by atoms with E-state index in [1.807, 2.05) is 30.9 Å². The summed E-state index contributed by atoms with van der Waals surface area (Å²) < 4.78 is 11.2. The van der Waals surface area contributed by atoms with Gasteiger partial charge in [0.15, 0.2) is 0 Å². The van der Waals surface area contributed by atoms with E-state index in [4.69, 9.17) is 9.47 Å². The number of benzene rings is 2. The molecule has 1 N–H and O–H groups in total. The average Bonchev–Trinajstić information content (AvgIpc) is 3.48. The van der Waals surface area contributed by atoms with Gasteiger partial charge in [0.25, 0.3) is 0 Å². The molecule has 0 unspecified atom stereocenters. The maximum absolute atomic E-state index is 12.7. The Morgan fingerprint density at radius 3 is 2.74 bits per heavy atom. The van der Waals surface area contributed by atoms with Gasteiger partial charge < -0.3 is 19.7 Å². The quantitative estimate of drug-likeness (QED) is 0.559. The lowest BCUT2D eigenvalue weighted by Gasteiger charge is -2.28. The number of fused-ring (bicyclic) bond motifs is 1. The molecule has 3 aromatic rings. The number of rotatable bonds is 5. The van der Waals surface area contributed by atoms with E-state index in [1.54, 1.807) is 11.3 Å². The van der Waals surface area contributed by atoms with Crippen LogP contribution in [0.2, 0.25) is 0 Å². The molecule has 0 spiro atoms. The molecule has 2 heterocycles. The van der Waals surface area contributed by atoms with Gasteiger partial charge in [-0.2, -0.15) is 0 Å². The average molecular weight is 479 g/mol. The van der Waals surface area contributed by atoms with Crippen LogP contribution in [0.25, 0.3) is 21.1 Å². The van der Waals surface area contributed by atoms with Crippen molar-refractivity contribution >= 4 is 17.4 Å². The molecule has 8 heteroatoms. The third-order valence-corrected chi connectivity index (χ3v) is 7.31. The van der Waals surface area contributed by atoms with E-state index < -0.39 is 0 Å². The zero-order valence-electron chi connectivity index (χ0n) is 19.8. The van der Waals surface area contributed by atoms with Crippen molar-refractivity contribution in [2.24, 2.45) is 0 Å². The van der Waals surface area contributed by atoms with E-state index in [0.717, 1.165) is 45.3 Å². The summed E-state index contributed by atoms with van der Waals surface area (Å²) >= 11 is 1.60. The lowest BCUT2D eigenvalue weighted by molar-refractivity contribution is 0.0525. The molecular formula is C26H30N4O3S. The molecule has 5 rings (SSSR count). The van der Waals surface area contributed by atoms with Crippen LogP contribution in [0, 0.1) is 6.92 Å². The number of hydrogen-bond acceptors (Lipinski definition) is 6. The van der Waals surface area contributed by atoms with E-state index in [0.29, 0.717) is 26.3 Å². The van der Waals surface area contributed by atoms with E-state index >= 15 is 0 Å². The minimum absolute atomic E-state index is 0.00924. The van der Waals surface area contributed by atoms with Crippen LogP contribution in [0.1, 0.15) is 43.0 Å². The first-order valence-electron chi connectivity index (χ1n) is 11.9. The summed E-state index contributed by atoms with van der Waals surface area (Å²) in [5, 5.41) is 14.0. The van der Waals surface area contributed by atoms with Crippen LogP contribution in [0.4, 0.5) is 4.79 Å². The molecule has 178 valence electrons. The maximum Gasteiger partial charge on any atom is 0.318 e. The van der Waals surface area contributed by atoms with Crippen LogP contribution < -0.4 is 10.1 Å². The summed E-state index contributed by atoms with van der Waals surface area (Å²) in [5.74, 6) is 0.898. The number of nitrogens with one attached hydrogen (secondary N) is 1. The SMILES string of the molecule is Cc1cc(-c2nnc(-c3cccc4c3CC[C@H]4NC(=O)N3CCOCC3)s2)ccc1OC(C)C. The number of morpholine rings is 1. The molecule has 2 aromatic carbocycles. The largest absolute Gasteiger partial charge is 0.491 e. The van der Waals surface area contributed by atoms with Gasteiger partial charge >= 0.3 is 6.03 Å². The van der Waals surface area contributed by atoms with Gasteiger partial charge in [0, 0.05) is 24.2 Å². The summed E-state index contributed by atoms with van der Waals surface area (Å²) in [6, 6.07) is 12.5. The van der Waals surface area contributed by atoms with E-state index in [2.05, 4.69) is 46.7 Å². The molecular weight excluding hydrogens is 448 g/mol. The highest BCUT2D eigenvalue weighted by Gasteiger charge is 2.29. The second kappa shape index (κ2) is 9.72. The van der Waals surface area contributed by atoms with Gasteiger partial charge in [-0.25, -0.2) is 4.79 Å². The van der Waals surface area contributed by atoms with Crippen molar-refractivity contribution < 1.29 is 14.3 Å². The van der Waals surface area contributed by atoms with Crippen molar-refractivity contribution in [3.63, 3.8) is 0 Å². The molecule has 0 saturated carbocycles. The number of urea groups is 1. The van der Waals surface area contributed by atoms with Gasteiger partial charge in [-0.15, -0.1) is 10.2 Å². The van der Waals surface area contributed by atoms with E-state index in [-0.39, 0.29) is 18.2 Å². The monoisotopic (exact) mass is 478 g/mol. The fourth-order valence-electron chi connectivity index (χ4n) is 4.63. The minimum Gasteiger partial charge on any atom is -0.491 e. The fraction of sp³-hybridized carbons (Fsp3) is 0.423. The van der Waals surface area contributed by atoms with Gasteiger partial charge in [0.05, 0.1) is 25.4 Å². The first-order valence-corrected chi connectivity index (χ1v) is 12.7. The Morgan fingerprint density at radius 1 is 1.18 bits per heavy atom. The number of carbonyl (C=O) groups is 1. The second-order valence-electron chi connectivity index (χ2n) is 9.07. The molecule has 0 bridgehead atoms. The Bertz CT molecular complexity index is 1190. The van der Waals surface area contributed by atoms with Crippen LogP contribution in [-0.2, 0) is 11.2 Å². The van der Waals surface area contributed by atoms with Crippen molar-refractivity contribution in [2.45, 2.75) is 45.8 Å². The van der Waals surface area contributed by atoms with Crippen molar-refractivity contribution in [2.75, 3.05) is 26.3 Å². The van der Waals surface area contributed by atoms with Crippen LogP contribution in [0.15, 0.2) is 36.4 Å². The number of nitrogens with zero attached hydrogens (tertiary/aromatic N) is 3. The minimum atomic E-state index is -0.00924. The van der Waals surface area contributed by atoms with Gasteiger partial charge in [-0.1, -0.05) is 29.5 Å². The second-order valence-corrected chi connectivity index (χ2v) is 10.1. The summed E-state index contributed by atoms with van der Waals surface area (Å²) in [7, 11) is 0. The van der Waals surface area contributed by atoms with Crippen molar-refractivity contribution in [3.8, 4) is 26.9 Å². The zero-order valence-corrected chi connectivity index (χ0v) is 20.7. The Morgan fingerprint density at radius 2 is 1.97 bits per heavy atom. The molecule has 2 aliphatic rings. The van der Waals surface area contributed by atoms with E-state index in [9.17, 15) is 4.79 Å². The highest BCUT2D eigenvalue weighted by Crippen LogP contribution is 2.40. The number of ether oxygens (including phenoxy) is 2. The van der Waals surface area contributed by atoms with Crippen molar-refractivity contribution in [3.05, 3.63) is 53.1 Å². The molecule has 2 amide bonds. The predicted octanol–water partition coefficient (Wildman–Crippen LogP) is 5.00. The number of hydrogen-bond donors (Lipinski definition) is 1. The predicted molar refractivity (Wildman–Crippen MR) is 133 cm³/mol. The lowest BCUT2D eigenvalue weighted by Crippen LogP contribution is -2.46. The molecule has 34 heavy (non-hydrogen) atoms. The smallest absolute Gasteiger partial charge is 0.318 e. The van der Waals surface area contributed by atoms with Crippen LogP contribution in [-0.4, -0.2) is 53.5 Å². The van der Waals surface area contributed by atoms with Gasteiger partial charge in [-0.05, 0) is 68.5 Å². The molecule has 1 aliphatic carbocycles. The van der Waals surface area contributed by atoms with Crippen molar-refractivity contribution in [1.29, 1.82) is 0 Å². The van der Waals surface area contributed by atoms with Crippen LogP contribution >= 0.6 is 11.3 Å². The third-order valence-electron chi connectivity index (χ3n) is 6.31. The Balaban J connectivity index is 1.35. The normalized spacial score (nSPS) is 17.6. The first-order chi connectivity index (χ1) is 16.5. The zero-order chi connectivity index (χ0) is 23.7. The Labute approximate surface area is 204 Å².